The van der Waals surface area contributed by atoms with E-state index in [9.17, 15) is 0 Å². The maximum atomic E-state index is 6.07. The van der Waals surface area contributed by atoms with Crippen molar-refractivity contribution >= 4 is 28.1 Å². The SMILES string of the molecule is Clc1ccc2c(c1)CC(c1ccc3ccccc3c1)N2. The van der Waals surface area contributed by atoms with Crippen LogP contribution in [0.25, 0.3) is 10.8 Å². The van der Waals surface area contributed by atoms with Crippen LogP contribution >= 0.6 is 11.6 Å². The Hall–Kier alpha value is -1.99. The summed E-state index contributed by atoms with van der Waals surface area (Å²) >= 11 is 6.07. The second kappa shape index (κ2) is 4.53. The highest BCUT2D eigenvalue weighted by Gasteiger charge is 2.22. The van der Waals surface area contributed by atoms with Crippen LogP contribution in [0.15, 0.2) is 60.7 Å². The van der Waals surface area contributed by atoms with Gasteiger partial charge in [0.2, 0.25) is 0 Å². The standard InChI is InChI=1S/C18H14ClN/c19-16-7-8-17-15(10-16)11-18(20-17)14-6-5-12-3-1-2-4-13(12)9-14/h1-10,18,20H,11H2. The number of benzene rings is 3. The summed E-state index contributed by atoms with van der Waals surface area (Å²) < 4.78 is 0. The fourth-order valence-corrected chi connectivity index (χ4v) is 3.15. The van der Waals surface area contributed by atoms with Crippen molar-refractivity contribution in [2.45, 2.75) is 12.5 Å². The monoisotopic (exact) mass is 279 g/mol. The molecule has 20 heavy (non-hydrogen) atoms. The van der Waals surface area contributed by atoms with Crippen LogP contribution in [0.3, 0.4) is 0 Å². The van der Waals surface area contributed by atoms with Crippen LogP contribution in [0, 0.1) is 0 Å². The van der Waals surface area contributed by atoms with Gasteiger partial charge in [0.1, 0.15) is 0 Å². The van der Waals surface area contributed by atoms with E-state index in [0.29, 0.717) is 6.04 Å². The fourth-order valence-electron chi connectivity index (χ4n) is 2.96. The molecular formula is C18H14ClN. The average Bonchev–Trinajstić information content (AvgIpc) is 2.89. The van der Waals surface area contributed by atoms with Gasteiger partial charge in [-0.3, -0.25) is 0 Å². The largest absolute Gasteiger partial charge is 0.378 e. The first kappa shape index (κ1) is 11.8. The molecule has 0 fully saturated rings. The number of hydrogen-bond donors (Lipinski definition) is 1. The zero-order valence-corrected chi connectivity index (χ0v) is 11.7. The molecule has 4 rings (SSSR count). The predicted octanol–water partition coefficient (Wildman–Crippen LogP) is 5.20. The summed E-state index contributed by atoms with van der Waals surface area (Å²) in [5.74, 6) is 0. The highest BCUT2D eigenvalue weighted by atomic mass is 35.5. The van der Waals surface area contributed by atoms with Crippen molar-refractivity contribution < 1.29 is 0 Å². The zero-order valence-electron chi connectivity index (χ0n) is 10.9. The molecule has 0 spiro atoms. The lowest BCUT2D eigenvalue weighted by molar-refractivity contribution is 0.826. The van der Waals surface area contributed by atoms with Crippen molar-refractivity contribution in [2.75, 3.05) is 5.32 Å². The topological polar surface area (TPSA) is 12.0 Å². The molecule has 1 nitrogen and oxygen atoms in total. The van der Waals surface area contributed by atoms with E-state index < -0.39 is 0 Å². The predicted molar refractivity (Wildman–Crippen MR) is 85.5 cm³/mol. The molecule has 1 unspecified atom stereocenters. The summed E-state index contributed by atoms with van der Waals surface area (Å²) in [6.07, 6.45) is 0.994. The van der Waals surface area contributed by atoms with Crippen molar-refractivity contribution in [1.82, 2.24) is 0 Å². The van der Waals surface area contributed by atoms with Crippen LogP contribution in [0.4, 0.5) is 5.69 Å². The van der Waals surface area contributed by atoms with Gasteiger partial charge in [-0.05, 0) is 52.6 Å². The minimum Gasteiger partial charge on any atom is -0.378 e. The summed E-state index contributed by atoms with van der Waals surface area (Å²) in [6, 6.07) is 21.6. The van der Waals surface area contributed by atoms with Crippen LogP contribution in [0.5, 0.6) is 0 Å². The molecule has 1 heterocycles. The van der Waals surface area contributed by atoms with Crippen LogP contribution in [0.1, 0.15) is 17.2 Å². The molecule has 0 radical (unpaired) electrons. The van der Waals surface area contributed by atoms with Gasteiger partial charge in [0.15, 0.2) is 0 Å². The van der Waals surface area contributed by atoms with Crippen LogP contribution in [0.2, 0.25) is 5.02 Å². The second-order valence-electron chi connectivity index (χ2n) is 5.31. The third kappa shape index (κ3) is 1.95. The number of halogens is 1. The van der Waals surface area contributed by atoms with E-state index in [1.54, 1.807) is 0 Å². The summed E-state index contributed by atoms with van der Waals surface area (Å²) in [7, 11) is 0. The van der Waals surface area contributed by atoms with Gasteiger partial charge in [0.05, 0.1) is 6.04 Å². The molecule has 3 aromatic rings. The van der Waals surface area contributed by atoms with Gasteiger partial charge in [-0.25, -0.2) is 0 Å². The van der Waals surface area contributed by atoms with E-state index in [0.717, 1.165) is 11.4 Å². The third-order valence-corrected chi connectivity index (χ3v) is 4.23. The summed E-state index contributed by atoms with van der Waals surface area (Å²) in [4.78, 5) is 0. The third-order valence-electron chi connectivity index (χ3n) is 4.00. The Kier molecular flexibility index (Phi) is 2.68. The van der Waals surface area contributed by atoms with Crippen molar-refractivity contribution in [1.29, 1.82) is 0 Å². The summed E-state index contributed by atoms with van der Waals surface area (Å²) in [5.41, 5.74) is 3.83. The molecule has 0 amide bonds. The molecule has 1 atom stereocenters. The van der Waals surface area contributed by atoms with Crippen molar-refractivity contribution in [2.24, 2.45) is 0 Å². The molecule has 3 aromatic carbocycles. The Balaban J connectivity index is 1.71. The zero-order chi connectivity index (χ0) is 13.5. The van der Waals surface area contributed by atoms with E-state index in [4.69, 9.17) is 11.6 Å². The molecule has 1 N–H and O–H groups in total. The number of anilines is 1. The Labute approximate surface area is 123 Å². The Morgan fingerprint density at radius 3 is 2.65 bits per heavy atom. The van der Waals surface area contributed by atoms with Crippen LogP contribution < -0.4 is 5.32 Å². The molecule has 2 heteroatoms. The number of rotatable bonds is 1. The van der Waals surface area contributed by atoms with Gasteiger partial charge in [0, 0.05) is 10.7 Å². The summed E-state index contributed by atoms with van der Waals surface area (Å²) in [5, 5.41) is 6.97. The van der Waals surface area contributed by atoms with Crippen LogP contribution in [-0.4, -0.2) is 0 Å². The lowest BCUT2D eigenvalue weighted by Gasteiger charge is -2.12. The Bertz CT molecular complexity index is 794. The van der Waals surface area contributed by atoms with Gasteiger partial charge >= 0.3 is 0 Å². The average molecular weight is 280 g/mol. The number of nitrogens with one attached hydrogen (secondary N) is 1. The van der Waals surface area contributed by atoms with Crippen molar-refractivity contribution in [3.05, 3.63) is 76.8 Å². The Morgan fingerprint density at radius 1 is 0.900 bits per heavy atom. The van der Waals surface area contributed by atoms with Crippen molar-refractivity contribution in [3.63, 3.8) is 0 Å². The van der Waals surface area contributed by atoms with Crippen LogP contribution in [-0.2, 0) is 6.42 Å². The Morgan fingerprint density at radius 2 is 1.75 bits per heavy atom. The van der Waals surface area contributed by atoms with Gasteiger partial charge in [-0.1, -0.05) is 48.0 Å². The maximum absolute atomic E-state index is 6.07. The first-order valence-corrected chi connectivity index (χ1v) is 7.21. The molecule has 1 aliphatic rings. The highest BCUT2D eigenvalue weighted by molar-refractivity contribution is 6.30. The smallest absolute Gasteiger partial charge is 0.0555 e. The van der Waals surface area contributed by atoms with E-state index in [2.05, 4.69) is 59.9 Å². The summed E-state index contributed by atoms with van der Waals surface area (Å²) in [6.45, 7) is 0. The molecule has 0 aliphatic carbocycles. The molecule has 0 aromatic heterocycles. The minimum absolute atomic E-state index is 0.341. The van der Waals surface area contributed by atoms with Gasteiger partial charge in [-0.2, -0.15) is 0 Å². The van der Waals surface area contributed by atoms with E-state index >= 15 is 0 Å². The molecular weight excluding hydrogens is 266 g/mol. The minimum atomic E-state index is 0.341. The normalized spacial score (nSPS) is 16.9. The number of fused-ring (bicyclic) bond motifs is 2. The quantitative estimate of drug-likeness (QED) is 0.645. The first-order chi connectivity index (χ1) is 9.79. The molecule has 0 saturated heterocycles. The van der Waals surface area contributed by atoms with E-state index in [1.807, 2.05) is 6.07 Å². The fraction of sp³-hybridized carbons (Fsp3) is 0.111. The van der Waals surface area contributed by atoms with E-state index in [1.165, 1.54) is 27.6 Å². The molecule has 98 valence electrons. The highest BCUT2D eigenvalue weighted by Crippen LogP contribution is 2.36. The maximum Gasteiger partial charge on any atom is 0.0555 e. The lowest BCUT2D eigenvalue weighted by atomic mass is 9.99. The van der Waals surface area contributed by atoms with E-state index in [-0.39, 0.29) is 0 Å². The second-order valence-corrected chi connectivity index (χ2v) is 5.75. The number of hydrogen-bond acceptors (Lipinski definition) is 1. The van der Waals surface area contributed by atoms with Gasteiger partial charge in [-0.15, -0.1) is 0 Å². The lowest BCUT2D eigenvalue weighted by Crippen LogP contribution is -2.05. The first-order valence-electron chi connectivity index (χ1n) is 6.83. The molecule has 1 aliphatic heterocycles. The molecule has 0 bridgehead atoms. The van der Waals surface area contributed by atoms with Gasteiger partial charge < -0.3 is 5.32 Å². The van der Waals surface area contributed by atoms with Gasteiger partial charge in [0.25, 0.3) is 0 Å². The van der Waals surface area contributed by atoms with Crippen molar-refractivity contribution in [3.8, 4) is 0 Å². The molecule has 0 saturated carbocycles.